The second-order valence-corrected chi connectivity index (χ2v) is 3.81. The molecule has 0 spiro atoms. The molecular formula is C12H12ClN3. The lowest BCUT2D eigenvalue weighted by Crippen LogP contribution is -2.06. The summed E-state index contributed by atoms with van der Waals surface area (Å²) in [5.74, 6) is 0.762. The fourth-order valence-corrected chi connectivity index (χ4v) is 1.69. The summed E-state index contributed by atoms with van der Waals surface area (Å²) in [4.78, 5) is 8.47. The van der Waals surface area contributed by atoms with Crippen molar-refractivity contribution in [2.75, 3.05) is 6.54 Å². The van der Waals surface area contributed by atoms with Gasteiger partial charge in [-0.1, -0.05) is 29.8 Å². The molecule has 0 aliphatic carbocycles. The van der Waals surface area contributed by atoms with E-state index < -0.39 is 0 Å². The number of nitrogens with two attached hydrogens (primary N) is 1. The highest BCUT2D eigenvalue weighted by atomic mass is 35.5. The molecule has 0 aliphatic rings. The first kappa shape index (κ1) is 11.0. The van der Waals surface area contributed by atoms with Crippen molar-refractivity contribution in [1.29, 1.82) is 0 Å². The molecule has 1 aromatic heterocycles. The summed E-state index contributed by atoms with van der Waals surface area (Å²) >= 11 is 6.08. The molecule has 2 rings (SSSR count). The molecule has 0 saturated carbocycles. The standard InChI is InChI=1S/C12H12ClN3/c13-11-4-2-1-3-10(11)9-7-15-12(5-6-14)16-8-9/h1-4,7-8H,5-6,14H2. The van der Waals surface area contributed by atoms with Crippen molar-refractivity contribution in [3.63, 3.8) is 0 Å². The van der Waals surface area contributed by atoms with Crippen molar-refractivity contribution in [3.05, 3.63) is 47.5 Å². The second kappa shape index (κ2) is 5.05. The number of rotatable bonds is 3. The first-order valence-electron chi connectivity index (χ1n) is 5.07. The summed E-state index contributed by atoms with van der Waals surface area (Å²) in [6.07, 6.45) is 4.25. The van der Waals surface area contributed by atoms with Crippen LogP contribution in [0.4, 0.5) is 0 Å². The van der Waals surface area contributed by atoms with Crippen molar-refractivity contribution in [2.24, 2.45) is 5.73 Å². The minimum atomic E-state index is 0.561. The van der Waals surface area contributed by atoms with E-state index in [2.05, 4.69) is 9.97 Å². The van der Waals surface area contributed by atoms with Gasteiger partial charge < -0.3 is 5.73 Å². The summed E-state index contributed by atoms with van der Waals surface area (Å²) < 4.78 is 0. The van der Waals surface area contributed by atoms with Gasteiger partial charge in [0.05, 0.1) is 0 Å². The van der Waals surface area contributed by atoms with E-state index in [0.29, 0.717) is 18.0 Å². The Balaban J connectivity index is 2.31. The molecule has 1 heterocycles. The molecule has 0 aliphatic heterocycles. The normalized spacial score (nSPS) is 10.4. The van der Waals surface area contributed by atoms with Crippen molar-refractivity contribution in [3.8, 4) is 11.1 Å². The molecule has 82 valence electrons. The summed E-state index contributed by atoms with van der Waals surface area (Å²) in [7, 11) is 0. The molecule has 2 aromatic rings. The van der Waals surface area contributed by atoms with Crippen LogP contribution in [0.1, 0.15) is 5.82 Å². The van der Waals surface area contributed by atoms with E-state index in [9.17, 15) is 0 Å². The molecule has 0 radical (unpaired) electrons. The molecule has 0 saturated heterocycles. The van der Waals surface area contributed by atoms with E-state index in [1.165, 1.54) is 0 Å². The molecular weight excluding hydrogens is 222 g/mol. The molecule has 0 amide bonds. The molecule has 0 unspecified atom stereocenters. The predicted octanol–water partition coefficient (Wildman–Crippen LogP) is 2.30. The lowest BCUT2D eigenvalue weighted by atomic mass is 10.1. The highest BCUT2D eigenvalue weighted by Crippen LogP contribution is 2.26. The van der Waals surface area contributed by atoms with Crippen molar-refractivity contribution < 1.29 is 0 Å². The molecule has 1 aromatic carbocycles. The van der Waals surface area contributed by atoms with Crippen LogP contribution in [0.25, 0.3) is 11.1 Å². The van der Waals surface area contributed by atoms with E-state index >= 15 is 0 Å². The largest absolute Gasteiger partial charge is 0.330 e. The van der Waals surface area contributed by atoms with E-state index in [0.717, 1.165) is 17.0 Å². The SMILES string of the molecule is NCCc1ncc(-c2ccccc2Cl)cn1. The molecule has 3 nitrogen and oxygen atoms in total. The number of hydrogen-bond donors (Lipinski definition) is 1. The summed E-state index contributed by atoms with van der Waals surface area (Å²) in [6, 6.07) is 7.64. The highest BCUT2D eigenvalue weighted by Gasteiger charge is 2.03. The Kier molecular flexibility index (Phi) is 3.49. The molecule has 2 N–H and O–H groups in total. The minimum Gasteiger partial charge on any atom is -0.330 e. The fourth-order valence-electron chi connectivity index (χ4n) is 1.45. The quantitative estimate of drug-likeness (QED) is 0.885. The monoisotopic (exact) mass is 233 g/mol. The third-order valence-corrected chi connectivity index (χ3v) is 2.59. The van der Waals surface area contributed by atoms with Gasteiger partial charge in [0.15, 0.2) is 0 Å². The van der Waals surface area contributed by atoms with Crippen molar-refractivity contribution >= 4 is 11.6 Å². The van der Waals surface area contributed by atoms with Gasteiger partial charge in [0.1, 0.15) is 5.82 Å². The van der Waals surface area contributed by atoms with Crippen LogP contribution in [-0.4, -0.2) is 16.5 Å². The Hall–Kier alpha value is -1.45. The zero-order valence-electron chi connectivity index (χ0n) is 8.73. The van der Waals surface area contributed by atoms with Gasteiger partial charge in [0, 0.05) is 35.0 Å². The Morgan fingerprint density at radius 2 is 1.81 bits per heavy atom. The van der Waals surface area contributed by atoms with Gasteiger partial charge in [0.2, 0.25) is 0 Å². The fraction of sp³-hybridized carbons (Fsp3) is 0.167. The van der Waals surface area contributed by atoms with E-state index in [4.69, 9.17) is 17.3 Å². The van der Waals surface area contributed by atoms with Gasteiger partial charge >= 0.3 is 0 Å². The summed E-state index contributed by atoms with van der Waals surface area (Å²) in [5.41, 5.74) is 7.30. The third kappa shape index (κ3) is 2.38. The Labute approximate surface area is 99.3 Å². The highest BCUT2D eigenvalue weighted by molar-refractivity contribution is 6.33. The van der Waals surface area contributed by atoms with Crippen LogP contribution in [0.5, 0.6) is 0 Å². The van der Waals surface area contributed by atoms with Gasteiger partial charge in [-0.2, -0.15) is 0 Å². The average Bonchev–Trinajstić information content (AvgIpc) is 2.31. The van der Waals surface area contributed by atoms with E-state index in [-0.39, 0.29) is 0 Å². The van der Waals surface area contributed by atoms with Gasteiger partial charge in [-0.05, 0) is 12.6 Å². The van der Waals surface area contributed by atoms with Crippen LogP contribution in [0.15, 0.2) is 36.7 Å². The minimum absolute atomic E-state index is 0.561. The maximum Gasteiger partial charge on any atom is 0.129 e. The Morgan fingerprint density at radius 1 is 1.12 bits per heavy atom. The zero-order valence-corrected chi connectivity index (χ0v) is 9.48. The maximum atomic E-state index is 6.08. The molecule has 0 fully saturated rings. The first-order chi connectivity index (χ1) is 7.81. The van der Waals surface area contributed by atoms with E-state index in [1.807, 2.05) is 24.3 Å². The van der Waals surface area contributed by atoms with Gasteiger partial charge in [-0.15, -0.1) is 0 Å². The molecule has 16 heavy (non-hydrogen) atoms. The van der Waals surface area contributed by atoms with Crippen LogP contribution in [0, 0.1) is 0 Å². The van der Waals surface area contributed by atoms with Crippen molar-refractivity contribution in [2.45, 2.75) is 6.42 Å². The summed E-state index contributed by atoms with van der Waals surface area (Å²) in [6.45, 7) is 0.561. The van der Waals surface area contributed by atoms with Crippen LogP contribution in [0.2, 0.25) is 5.02 Å². The molecule has 0 bridgehead atoms. The number of benzene rings is 1. The number of nitrogens with zero attached hydrogens (tertiary/aromatic N) is 2. The number of halogens is 1. The zero-order chi connectivity index (χ0) is 11.4. The Bertz CT molecular complexity index is 468. The lowest BCUT2D eigenvalue weighted by molar-refractivity contribution is 0.868. The maximum absolute atomic E-state index is 6.08. The van der Waals surface area contributed by atoms with Crippen LogP contribution < -0.4 is 5.73 Å². The van der Waals surface area contributed by atoms with Crippen LogP contribution in [0.3, 0.4) is 0 Å². The van der Waals surface area contributed by atoms with Gasteiger partial charge in [-0.25, -0.2) is 9.97 Å². The van der Waals surface area contributed by atoms with Crippen LogP contribution >= 0.6 is 11.6 Å². The van der Waals surface area contributed by atoms with E-state index in [1.54, 1.807) is 12.4 Å². The predicted molar refractivity (Wildman–Crippen MR) is 65.2 cm³/mol. The summed E-state index contributed by atoms with van der Waals surface area (Å²) in [5, 5.41) is 0.706. The lowest BCUT2D eigenvalue weighted by Gasteiger charge is -2.04. The third-order valence-electron chi connectivity index (χ3n) is 2.26. The number of aromatic nitrogens is 2. The van der Waals surface area contributed by atoms with Gasteiger partial charge in [0.25, 0.3) is 0 Å². The second-order valence-electron chi connectivity index (χ2n) is 3.41. The average molecular weight is 234 g/mol. The first-order valence-corrected chi connectivity index (χ1v) is 5.45. The smallest absolute Gasteiger partial charge is 0.129 e. The van der Waals surface area contributed by atoms with Crippen LogP contribution in [-0.2, 0) is 6.42 Å². The molecule has 0 atom stereocenters. The van der Waals surface area contributed by atoms with Gasteiger partial charge in [-0.3, -0.25) is 0 Å². The Morgan fingerprint density at radius 3 is 2.44 bits per heavy atom. The van der Waals surface area contributed by atoms with Crippen molar-refractivity contribution in [1.82, 2.24) is 9.97 Å². The topological polar surface area (TPSA) is 51.8 Å². The number of hydrogen-bond acceptors (Lipinski definition) is 3. The molecule has 4 heteroatoms.